The molecule has 10 heteroatoms. The van der Waals surface area contributed by atoms with Crippen LogP contribution >= 0.6 is 21.6 Å². The van der Waals surface area contributed by atoms with Crippen LogP contribution in [0.1, 0.15) is 0 Å². The molecule has 2 heterocycles. The summed E-state index contributed by atoms with van der Waals surface area (Å²) < 4.78 is 83.7. The summed E-state index contributed by atoms with van der Waals surface area (Å²) in [5.74, 6) is -3.29. The van der Waals surface area contributed by atoms with E-state index in [0.29, 0.717) is 0 Å². The predicted octanol–water partition coefficient (Wildman–Crippen LogP) is 4.51. The molecule has 18 heavy (non-hydrogen) atoms. The molecule has 0 aliphatic rings. The van der Waals surface area contributed by atoms with Gasteiger partial charge in [-0.05, 0) is 21.6 Å². The van der Waals surface area contributed by atoms with Crippen LogP contribution < -0.4 is 0 Å². The molecule has 0 N–H and O–H groups in total. The fourth-order valence-electron chi connectivity index (χ4n) is 0.913. The van der Waals surface area contributed by atoms with Gasteiger partial charge in [-0.2, -0.15) is 26.3 Å². The lowest BCUT2D eigenvalue weighted by Crippen LogP contribution is -1.79. The average molecular weight is 306 g/mol. The maximum atomic E-state index is 12.9. The number of hydrogen-bond donors (Lipinski definition) is 0. The molecule has 0 spiro atoms. The number of halogens is 6. The van der Waals surface area contributed by atoms with Crippen molar-refractivity contribution in [2.75, 3.05) is 0 Å². The van der Waals surface area contributed by atoms with Gasteiger partial charge >= 0.3 is 12.0 Å². The summed E-state index contributed by atoms with van der Waals surface area (Å²) in [6.45, 7) is 0. The first-order valence-corrected chi connectivity index (χ1v) is 6.18. The Kier molecular flexibility index (Phi) is 3.57. The second-order valence-corrected chi connectivity index (χ2v) is 4.90. The van der Waals surface area contributed by atoms with Gasteiger partial charge in [0.2, 0.25) is 11.6 Å². The van der Waals surface area contributed by atoms with Crippen molar-refractivity contribution in [1.82, 2.24) is 0 Å². The molecule has 0 atom stereocenters. The molecule has 0 saturated carbocycles. The summed E-state index contributed by atoms with van der Waals surface area (Å²) in [4.78, 5) is -1.86. The van der Waals surface area contributed by atoms with Gasteiger partial charge in [-0.1, -0.05) is 0 Å². The first-order chi connectivity index (χ1) is 8.41. The quantitative estimate of drug-likeness (QED) is 0.616. The van der Waals surface area contributed by atoms with Gasteiger partial charge in [0.1, 0.15) is 9.79 Å². The van der Waals surface area contributed by atoms with Crippen LogP contribution in [0.5, 0.6) is 0 Å². The van der Waals surface area contributed by atoms with Gasteiger partial charge in [0.15, 0.2) is 0 Å². The van der Waals surface area contributed by atoms with E-state index in [4.69, 9.17) is 0 Å². The molecule has 98 valence electrons. The lowest BCUT2D eigenvalue weighted by atomic mass is 10.6. The highest BCUT2D eigenvalue weighted by Gasteiger charge is 2.26. The molecule has 0 saturated heterocycles. The van der Waals surface area contributed by atoms with E-state index >= 15 is 0 Å². The van der Waals surface area contributed by atoms with Crippen LogP contribution in [-0.4, -0.2) is 0 Å². The zero-order valence-corrected chi connectivity index (χ0v) is 9.53. The van der Waals surface area contributed by atoms with Crippen molar-refractivity contribution < 1.29 is 35.2 Å². The SMILES string of the molecule is Fc1oc(F)c(SSc2c(F)oc(F)c2F)c1F. The maximum absolute atomic E-state index is 12.9. The predicted molar refractivity (Wildman–Crippen MR) is 48.9 cm³/mol. The van der Waals surface area contributed by atoms with Crippen LogP contribution in [0, 0.1) is 35.7 Å². The molecule has 0 amide bonds. The number of rotatable bonds is 3. The number of hydrogen-bond acceptors (Lipinski definition) is 4. The minimum Gasteiger partial charge on any atom is -0.401 e. The normalized spacial score (nSPS) is 11.2. The molecule has 0 fully saturated rings. The fourth-order valence-corrected chi connectivity index (χ4v) is 2.93. The van der Waals surface area contributed by atoms with E-state index in [1.807, 2.05) is 0 Å². The molecule has 0 aromatic carbocycles. The summed E-state index contributed by atoms with van der Waals surface area (Å²) in [5, 5.41) is 0. The van der Waals surface area contributed by atoms with E-state index in [0.717, 1.165) is 0 Å². The molecule has 0 radical (unpaired) electrons. The monoisotopic (exact) mass is 306 g/mol. The van der Waals surface area contributed by atoms with Crippen molar-refractivity contribution in [2.45, 2.75) is 9.79 Å². The van der Waals surface area contributed by atoms with Crippen molar-refractivity contribution in [2.24, 2.45) is 0 Å². The summed E-state index contributed by atoms with van der Waals surface area (Å²) in [7, 11) is 0.231. The van der Waals surface area contributed by atoms with Crippen molar-refractivity contribution in [3.05, 3.63) is 35.7 Å². The second-order valence-electron chi connectivity index (χ2n) is 2.75. The average Bonchev–Trinajstić information content (AvgIpc) is 2.67. The molecule has 0 bridgehead atoms. The van der Waals surface area contributed by atoms with E-state index in [-0.39, 0.29) is 21.6 Å². The van der Waals surface area contributed by atoms with Gasteiger partial charge in [0, 0.05) is 0 Å². The van der Waals surface area contributed by atoms with Crippen LogP contribution in [0.4, 0.5) is 26.3 Å². The highest BCUT2D eigenvalue weighted by Crippen LogP contribution is 2.44. The van der Waals surface area contributed by atoms with Gasteiger partial charge in [0.25, 0.3) is 12.0 Å². The summed E-state index contributed by atoms with van der Waals surface area (Å²) in [6.07, 6.45) is 0. The molecule has 0 aliphatic heterocycles. The van der Waals surface area contributed by atoms with Crippen molar-refractivity contribution in [1.29, 1.82) is 0 Å². The van der Waals surface area contributed by atoms with Gasteiger partial charge in [-0.15, -0.1) is 0 Å². The zero-order chi connectivity index (χ0) is 13.4. The van der Waals surface area contributed by atoms with E-state index in [9.17, 15) is 26.3 Å². The van der Waals surface area contributed by atoms with Gasteiger partial charge in [0.05, 0.1) is 0 Å². The van der Waals surface area contributed by atoms with Gasteiger partial charge in [-0.3, -0.25) is 0 Å². The first-order valence-electron chi connectivity index (χ1n) is 4.03. The van der Waals surface area contributed by atoms with Crippen LogP contribution in [0.25, 0.3) is 0 Å². The van der Waals surface area contributed by atoms with Crippen LogP contribution in [0.3, 0.4) is 0 Å². The van der Waals surface area contributed by atoms with Crippen LogP contribution in [-0.2, 0) is 0 Å². The Hall–Kier alpha value is -1.16. The third kappa shape index (κ3) is 2.21. The Morgan fingerprint density at radius 2 is 0.889 bits per heavy atom. The Bertz CT molecular complexity index is 541. The lowest BCUT2D eigenvalue weighted by molar-refractivity contribution is 0.250. The minimum absolute atomic E-state index is 0.116. The standard InChI is InChI=1S/C8F6O2S2/c9-1-3(7(13)15-5(1)11)17-18-4-2(10)6(12)16-8(4)14. The Balaban J connectivity index is 2.21. The zero-order valence-electron chi connectivity index (χ0n) is 7.90. The van der Waals surface area contributed by atoms with Gasteiger partial charge < -0.3 is 8.83 Å². The molecule has 2 aromatic rings. The first kappa shape index (κ1) is 13.3. The summed E-state index contributed by atoms with van der Waals surface area (Å²) >= 11 is 0. The molecule has 2 rings (SSSR count). The summed E-state index contributed by atoms with van der Waals surface area (Å²) in [6, 6.07) is -6.77. The fraction of sp³-hybridized carbons (Fsp3) is 0. The molecule has 2 aromatic heterocycles. The third-order valence-corrected chi connectivity index (χ3v) is 4.01. The minimum atomic E-state index is -1.80. The molecule has 2 nitrogen and oxygen atoms in total. The van der Waals surface area contributed by atoms with E-state index in [2.05, 4.69) is 8.83 Å². The Labute approximate surface area is 103 Å². The van der Waals surface area contributed by atoms with Crippen molar-refractivity contribution in [3.8, 4) is 0 Å². The van der Waals surface area contributed by atoms with E-state index in [1.165, 1.54) is 0 Å². The molecular formula is C8F6O2S2. The second kappa shape index (κ2) is 4.84. The van der Waals surface area contributed by atoms with E-state index in [1.54, 1.807) is 0 Å². The molecular weight excluding hydrogens is 306 g/mol. The highest BCUT2D eigenvalue weighted by molar-refractivity contribution is 8.76. The lowest BCUT2D eigenvalue weighted by Gasteiger charge is -1.95. The molecule has 0 aliphatic carbocycles. The highest BCUT2D eigenvalue weighted by atomic mass is 33.1. The maximum Gasteiger partial charge on any atom is 0.317 e. The van der Waals surface area contributed by atoms with E-state index < -0.39 is 45.5 Å². The van der Waals surface area contributed by atoms with Gasteiger partial charge in [-0.25, -0.2) is 0 Å². The Morgan fingerprint density at radius 3 is 1.11 bits per heavy atom. The smallest absolute Gasteiger partial charge is 0.317 e. The largest absolute Gasteiger partial charge is 0.401 e. The van der Waals surface area contributed by atoms with Crippen molar-refractivity contribution >= 4 is 21.6 Å². The van der Waals surface area contributed by atoms with Crippen LogP contribution in [0.15, 0.2) is 18.6 Å². The third-order valence-electron chi connectivity index (χ3n) is 1.67. The topological polar surface area (TPSA) is 26.3 Å². The molecule has 0 unspecified atom stereocenters. The van der Waals surface area contributed by atoms with Crippen molar-refractivity contribution in [3.63, 3.8) is 0 Å². The number of furan rings is 2. The Morgan fingerprint density at radius 1 is 0.556 bits per heavy atom. The van der Waals surface area contributed by atoms with Crippen LogP contribution in [0.2, 0.25) is 0 Å². The summed E-state index contributed by atoms with van der Waals surface area (Å²) in [5.41, 5.74) is 0.